The first kappa shape index (κ1) is 21.5. The molecule has 9 heteroatoms. The maximum Gasteiger partial charge on any atom is 0.261 e. The molecule has 1 amide bonds. The molecule has 0 saturated carbocycles. The van der Waals surface area contributed by atoms with Gasteiger partial charge in [-0.2, -0.15) is 0 Å². The Balaban J connectivity index is 1.18. The molecular weight excluding hydrogens is 446 g/mol. The van der Waals surface area contributed by atoms with Crippen molar-refractivity contribution < 1.29 is 17.9 Å². The molecule has 0 spiro atoms. The third-order valence-corrected chi connectivity index (χ3v) is 9.67. The van der Waals surface area contributed by atoms with Crippen LogP contribution in [0.5, 0.6) is 0 Å². The molecule has 32 heavy (non-hydrogen) atoms. The highest BCUT2D eigenvalue weighted by Crippen LogP contribution is 2.27. The minimum Gasteiger partial charge on any atom is -0.378 e. The Morgan fingerprint density at radius 3 is 2.56 bits per heavy atom. The van der Waals surface area contributed by atoms with Gasteiger partial charge in [0.1, 0.15) is 0 Å². The molecule has 2 aliphatic rings. The van der Waals surface area contributed by atoms with E-state index in [0.717, 1.165) is 42.0 Å². The zero-order valence-corrected chi connectivity index (χ0v) is 19.2. The van der Waals surface area contributed by atoms with E-state index in [4.69, 9.17) is 4.74 Å². The van der Waals surface area contributed by atoms with Gasteiger partial charge in [0.05, 0.1) is 39.0 Å². The average molecular weight is 472 g/mol. The van der Waals surface area contributed by atoms with E-state index in [1.165, 1.54) is 11.3 Å². The van der Waals surface area contributed by atoms with Crippen molar-refractivity contribution in [3.63, 3.8) is 0 Å². The van der Waals surface area contributed by atoms with Gasteiger partial charge in [0, 0.05) is 18.9 Å². The second kappa shape index (κ2) is 8.90. The third kappa shape index (κ3) is 4.30. The van der Waals surface area contributed by atoms with E-state index in [1.807, 2.05) is 12.1 Å². The largest absolute Gasteiger partial charge is 0.378 e. The Labute approximate surface area is 191 Å². The van der Waals surface area contributed by atoms with Gasteiger partial charge >= 0.3 is 0 Å². The number of fused-ring (bicyclic) bond motifs is 1. The van der Waals surface area contributed by atoms with Crippen LogP contribution in [0.4, 0.5) is 0 Å². The summed E-state index contributed by atoms with van der Waals surface area (Å²) in [6, 6.07) is 11.1. The van der Waals surface area contributed by atoms with Crippen LogP contribution >= 0.6 is 11.3 Å². The predicted octanol–water partition coefficient (Wildman–Crippen LogP) is 2.86. The molecule has 0 radical (unpaired) electrons. The fraction of sp³-hybridized carbons (Fsp3) is 0.391. The van der Waals surface area contributed by atoms with Crippen LogP contribution < -0.4 is 5.32 Å². The lowest BCUT2D eigenvalue weighted by Crippen LogP contribution is -2.53. The average Bonchev–Trinajstić information content (AvgIpc) is 3.21. The number of aromatic nitrogens is 1. The van der Waals surface area contributed by atoms with Gasteiger partial charge in [-0.05, 0) is 61.1 Å². The topological polar surface area (TPSA) is 88.6 Å². The zero-order valence-electron chi connectivity index (χ0n) is 17.6. The molecular formula is C23H25N3O4S2. The molecule has 0 bridgehead atoms. The highest BCUT2D eigenvalue weighted by Gasteiger charge is 2.35. The van der Waals surface area contributed by atoms with Crippen LogP contribution in [0.3, 0.4) is 0 Å². The summed E-state index contributed by atoms with van der Waals surface area (Å²) in [5.41, 5.74) is 0.861. The first-order valence-electron chi connectivity index (χ1n) is 10.8. The van der Waals surface area contributed by atoms with Gasteiger partial charge in [-0.3, -0.25) is 14.7 Å². The van der Waals surface area contributed by atoms with Crippen molar-refractivity contribution >= 4 is 37.2 Å². The standard InChI is InChI=1S/C23H25N3O4S2/c27-23(21-11-17-5-8-24-13-22(17)31-21)25-12-16-1-3-19(4-2-16)32(28,29)20-6-9-26(10-7-20)18-14-30-15-18/h1-5,8,11,13,18,20H,6-7,9-10,12,14-15H2,(H,25,27). The molecule has 1 N–H and O–H groups in total. The molecule has 2 saturated heterocycles. The van der Waals surface area contributed by atoms with Crippen LogP contribution in [0.1, 0.15) is 28.1 Å². The number of hydrogen-bond donors (Lipinski definition) is 1. The van der Waals surface area contributed by atoms with Crippen LogP contribution in [-0.2, 0) is 21.1 Å². The number of carbonyl (C=O) groups is 1. The van der Waals surface area contributed by atoms with Crippen molar-refractivity contribution in [2.24, 2.45) is 0 Å². The van der Waals surface area contributed by atoms with Crippen molar-refractivity contribution in [2.75, 3.05) is 26.3 Å². The van der Waals surface area contributed by atoms with Gasteiger partial charge in [0.15, 0.2) is 9.84 Å². The highest BCUT2D eigenvalue weighted by molar-refractivity contribution is 7.92. The maximum atomic E-state index is 13.1. The molecule has 168 valence electrons. The summed E-state index contributed by atoms with van der Waals surface area (Å²) in [6.45, 7) is 3.46. The van der Waals surface area contributed by atoms with Crippen molar-refractivity contribution in [1.82, 2.24) is 15.2 Å². The van der Waals surface area contributed by atoms with Crippen molar-refractivity contribution in [3.8, 4) is 0 Å². The lowest BCUT2D eigenvalue weighted by Gasteiger charge is -2.41. The van der Waals surface area contributed by atoms with E-state index >= 15 is 0 Å². The molecule has 4 heterocycles. The maximum absolute atomic E-state index is 13.1. The van der Waals surface area contributed by atoms with E-state index in [1.54, 1.807) is 36.7 Å². The van der Waals surface area contributed by atoms with Crippen LogP contribution in [0.25, 0.3) is 10.1 Å². The number of nitrogens with zero attached hydrogens (tertiary/aromatic N) is 2. The van der Waals surface area contributed by atoms with Crippen LogP contribution in [-0.4, -0.2) is 61.8 Å². The number of sulfone groups is 1. The zero-order chi connectivity index (χ0) is 22.1. The van der Waals surface area contributed by atoms with Crippen molar-refractivity contribution in [2.45, 2.75) is 35.6 Å². The summed E-state index contributed by atoms with van der Waals surface area (Å²) < 4.78 is 32.4. The molecule has 2 aromatic heterocycles. The monoisotopic (exact) mass is 471 g/mol. The number of nitrogens with one attached hydrogen (secondary N) is 1. The number of hydrogen-bond acceptors (Lipinski definition) is 7. The molecule has 0 aliphatic carbocycles. The summed E-state index contributed by atoms with van der Waals surface area (Å²) in [4.78, 5) is 19.9. The smallest absolute Gasteiger partial charge is 0.261 e. The van der Waals surface area contributed by atoms with Gasteiger partial charge in [-0.1, -0.05) is 12.1 Å². The van der Waals surface area contributed by atoms with Gasteiger partial charge in [-0.15, -0.1) is 11.3 Å². The minimum atomic E-state index is -3.36. The first-order chi connectivity index (χ1) is 15.5. The summed E-state index contributed by atoms with van der Waals surface area (Å²) in [5, 5.41) is 3.57. The van der Waals surface area contributed by atoms with E-state index in [9.17, 15) is 13.2 Å². The predicted molar refractivity (Wildman–Crippen MR) is 124 cm³/mol. The Morgan fingerprint density at radius 2 is 1.91 bits per heavy atom. The molecule has 7 nitrogen and oxygen atoms in total. The van der Waals surface area contributed by atoms with Crippen molar-refractivity contribution in [3.05, 3.63) is 59.2 Å². The fourth-order valence-electron chi connectivity index (χ4n) is 4.24. The molecule has 2 aliphatic heterocycles. The number of pyridine rings is 1. The number of carbonyl (C=O) groups excluding carboxylic acids is 1. The Bertz CT molecular complexity index is 1180. The molecule has 0 atom stereocenters. The summed E-state index contributed by atoms with van der Waals surface area (Å²) in [6.07, 6.45) is 4.77. The SMILES string of the molecule is O=C(NCc1ccc(S(=O)(=O)C2CCN(C3COC3)CC2)cc1)c1cc2ccncc2s1. The number of thiophene rings is 1. The highest BCUT2D eigenvalue weighted by atomic mass is 32.2. The third-order valence-electron chi connectivity index (χ3n) is 6.30. The second-order valence-electron chi connectivity index (χ2n) is 8.32. The van der Waals surface area contributed by atoms with Gasteiger partial charge in [0.2, 0.25) is 0 Å². The molecule has 0 unspecified atom stereocenters. The van der Waals surface area contributed by atoms with Gasteiger partial charge < -0.3 is 10.1 Å². The number of rotatable bonds is 6. The van der Waals surface area contributed by atoms with E-state index < -0.39 is 9.84 Å². The fourth-order valence-corrected chi connectivity index (χ4v) is 6.92. The summed E-state index contributed by atoms with van der Waals surface area (Å²) >= 11 is 1.40. The Kier molecular flexibility index (Phi) is 5.98. The number of likely N-dealkylation sites (tertiary alicyclic amines) is 1. The van der Waals surface area contributed by atoms with E-state index in [2.05, 4.69) is 15.2 Å². The number of piperidine rings is 1. The summed E-state index contributed by atoms with van der Waals surface area (Å²) in [5.74, 6) is -0.147. The van der Waals surface area contributed by atoms with E-state index in [-0.39, 0.29) is 11.2 Å². The van der Waals surface area contributed by atoms with Crippen molar-refractivity contribution in [1.29, 1.82) is 0 Å². The van der Waals surface area contributed by atoms with Gasteiger partial charge in [-0.25, -0.2) is 8.42 Å². The first-order valence-corrected chi connectivity index (χ1v) is 13.1. The Morgan fingerprint density at radius 1 is 1.16 bits per heavy atom. The molecule has 1 aromatic carbocycles. The lowest BCUT2D eigenvalue weighted by molar-refractivity contribution is -0.0695. The quantitative estimate of drug-likeness (QED) is 0.595. The second-order valence-corrected chi connectivity index (χ2v) is 11.6. The number of benzene rings is 1. The summed E-state index contributed by atoms with van der Waals surface area (Å²) in [7, 11) is -3.36. The molecule has 3 aromatic rings. The van der Waals surface area contributed by atoms with Crippen LogP contribution in [0, 0.1) is 0 Å². The van der Waals surface area contributed by atoms with Crippen LogP contribution in [0.15, 0.2) is 53.7 Å². The minimum absolute atomic E-state index is 0.147. The van der Waals surface area contributed by atoms with Crippen LogP contribution in [0.2, 0.25) is 0 Å². The molecule has 2 fully saturated rings. The molecule has 5 rings (SSSR count). The Hall–Kier alpha value is -2.33. The number of amides is 1. The number of ether oxygens (including phenoxy) is 1. The van der Waals surface area contributed by atoms with Gasteiger partial charge in [0.25, 0.3) is 5.91 Å². The normalized spacial score (nSPS) is 18.5. The van der Waals surface area contributed by atoms with E-state index in [0.29, 0.717) is 35.2 Å². The lowest BCUT2D eigenvalue weighted by atomic mass is 10.1.